The average molecular weight is 220 g/mol. The molecule has 0 saturated carbocycles. The molecule has 2 aromatic rings. The second-order valence-electron chi connectivity index (χ2n) is 3.66. The first-order valence-electron chi connectivity index (χ1n) is 4.86. The fraction of sp³-hybridized carbons (Fsp3) is 0.300. The lowest BCUT2D eigenvalue weighted by Crippen LogP contribution is -2.32. The Morgan fingerprint density at radius 1 is 1.56 bits per heavy atom. The molecule has 0 aliphatic carbocycles. The quantitative estimate of drug-likeness (QED) is 0.758. The maximum atomic E-state index is 10.6. The van der Waals surface area contributed by atoms with Crippen LogP contribution in [0.15, 0.2) is 18.3 Å². The van der Waals surface area contributed by atoms with Gasteiger partial charge in [0.25, 0.3) is 0 Å². The molecule has 2 aromatic heterocycles. The number of fused-ring (bicyclic) bond motifs is 1. The summed E-state index contributed by atoms with van der Waals surface area (Å²) in [6, 6.07) is 2.73. The number of carbonyl (C=O) groups is 1. The van der Waals surface area contributed by atoms with Gasteiger partial charge in [-0.3, -0.25) is 9.20 Å². The lowest BCUT2D eigenvalue weighted by atomic mass is 10.1. The minimum Gasteiger partial charge on any atom is -0.480 e. The smallest absolute Gasteiger partial charge is 0.320 e. The molecule has 6 heteroatoms. The molecule has 0 bridgehead atoms. The number of aliphatic carboxylic acids is 1. The Balaban J connectivity index is 2.32. The molecule has 2 heterocycles. The van der Waals surface area contributed by atoms with Crippen LogP contribution >= 0.6 is 0 Å². The van der Waals surface area contributed by atoms with Crippen LogP contribution in [-0.4, -0.2) is 31.7 Å². The molecule has 0 fully saturated rings. The van der Waals surface area contributed by atoms with E-state index in [1.54, 1.807) is 6.07 Å². The Kier molecular flexibility index (Phi) is 2.57. The van der Waals surface area contributed by atoms with Crippen LogP contribution < -0.4 is 5.73 Å². The first kappa shape index (κ1) is 10.6. The Bertz CT molecular complexity index is 535. The summed E-state index contributed by atoms with van der Waals surface area (Å²) in [6.07, 6.45) is 2.11. The van der Waals surface area contributed by atoms with Gasteiger partial charge in [-0.1, -0.05) is 6.07 Å². The average Bonchev–Trinajstić information content (AvgIpc) is 2.60. The summed E-state index contributed by atoms with van der Waals surface area (Å²) in [5, 5.41) is 16.6. The number of nitrogens with zero attached hydrogens (tertiary/aromatic N) is 3. The zero-order valence-electron chi connectivity index (χ0n) is 8.79. The van der Waals surface area contributed by atoms with E-state index in [0.717, 1.165) is 17.0 Å². The number of aromatic nitrogens is 3. The second-order valence-corrected chi connectivity index (χ2v) is 3.66. The summed E-state index contributed by atoms with van der Waals surface area (Å²) in [7, 11) is 0. The number of hydrogen-bond donors (Lipinski definition) is 2. The van der Waals surface area contributed by atoms with E-state index in [-0.39, 0.29) is 0 Å². The monoisotopic (exact) mass is 220 g/mol. The molecular weight excluding hydrogens is 208 g/mol. The van der Waals surface area contributed by atoms with Gasteiger partial charge < -0.3 is 10.8 Å². The molecule has 0 radical (unpaired) electrons. The van der Waals surface area contributed by atoms with Crippen molar-refractivity contribution >= 4 is 11.6 Å². The van der Waals surface area contributed by atoms with E-state index >= 15 is 0 Å². The molecule has 0 spiro atoms. The first-order chi connectivity index (χ1) is 7.58. The predicted octanol–water partition coefficient (Wildman–Crippen LogP) is -0.00788. The normalized spacial score (nSPS) is 12.9. The van der Waals surface area contributed by atoms with E-state index in [0.29, 0.717) is 6.42 Å². The van der Waals surface area contributed by atoms with Crippen LogP contribution in [-0.2, 0) is 11.2 Å². The van der Waals surface area contributed by atoms with E-state index in [1.165, 1.54) is 0 Å². The third-order valence-electron chi connectivity index (χ3n) is 2.41. The maximum Gasteiger partial charge on any atom is 0.320 e. The van der Waals surface area contributed by atoms with E-state index in [4.69, 9.17) is 10.8 Å². The van der Waals surface area contributed by atoms with Crippen LogP contribution in [0.25, 0.3) is 5.65 Å². The van der Waals surface area contributed by atoms with Gasteiger partial charge >= 0.3 is 5.97 Å². The van der Waals surface area contributed by atoms with Crippen molar-refractivity contribution in [3.8, 4) is 0 Å². The maximum absolute atomic E-state index is 10.6. The molecule has 84 valence electrons. The molecule has 0 saturated heterocycles. The summed E-state index contributed by atoms with van der Waals surface area (Å²) < 4.78 is 1.81. The first-order valence-corrected chi connectivity index (χ1v) is 4.86. The van der Waals surface area contributed by atoms with E-state index < -0.39 is 12.0 Å². The molecule has 2 rings (SSSR count). The van der Waals surface area contributed by atoms with Crippen molar-refractivity contribution < 1.29 is 9.90 Å². The molecule has 3 N–H and O–H groups in total. The SMILES string of the molecule is Cc1nnc2ccc(CC(N)C(=O)O)cn12. The highest BCUT2D eigenvalue weighted by Crippen LogP contribution is 2.08. The topological polar surface area (TPSA) is 93.5 Å². The zero-order valence-corrected chi connectivity index (χ0v) is 8.79. The highest BCUT2D eigenvalue weighted by Gasteiger charge is 2.12. The summed E-state index contributed by atoms with van der Waals surface area (Å²) in [4.78, 5) is 10.6. The number of aryl methyl sites for hydroxylation is 1. The van der Waals surface area contributed by atoms with Gasteiger partial charge in [-0.25, -0.2) is 0 Å². The van der Waals surface area contributed by atoms with Gasteiger partial charge in [-0.05, 0) is 25.0 Å². The van der Waals surface area contributed by atoms with Crippen LogP contribution in [0.2, 0.25) is 0 Å². The number of carboxylic acid groups (broad SMARTS) is 1. The summed E-state index contributed by atoms with van der Waals surface area (Å²) in [6.45, 7) is 1.83. The highest BCUT2D eigenvalue weighted by molar-refractivity contribution is 5.73. The highest BCUT2D eigenvalue weighted by atomic mass is 16.4. The molecular formula is C10H12N4O2. The molecule has 16 heavy (non-hydrogen) atoms. The van der Waals surface area contributed by atoms with E-state index in [1.807, 2.05) is 23.6 Å². The molecule has 0 aromatic carbocycles. The predicted molar refractivity (Wildman–Crippen MR) is 57.0 cm³/mol. The number of hydrogen-bond acceptors (Lipinski definition) is 4. The lowest BCUT2D eigenvalue weighted by molar-refractivity contribution is -0.138. The number of carboxylic acids is 1. The lowest BCUT2D eigenvalue weighted by Gasteiger charge is -2.06. The van der Waals surface area contributed by atoms with Crippen LogP contribution in [0.1, 0.15) is 11.4 Å². The number of nitrogens with two attached hydrogens (primary N) is 1. The molecule has 1 atom stereocenters. The van der Waals surface area contributed by atoms with Gasteiger partial charge in [-0.15, -0.1) is 10.2 Å². The van der Waals surface area contributed by atoms with Crippen molar-refractivity contribution in [3.63, 3.8) is 0 Å². The fourth-order valence-electron chi connectivity index (χ4n) is 1.51. The van der Waals surface area contributed by atoms with E-state index in [9.17, 15) is 4.79 Å². The summed E-state index contributed by atoms with van der Waals surface area (Å²) >= 11 is 0. The standard InChI is InChI=1S/C10H12N4O2/c1-6-12-13-9-3-2-7(5-14(6)9)4-8(11)10(15)16/h2-3,5,8H,4,11H2,1H3,(H,15,16). The van der Waals surface area contributed by atoms with Crippen molar-refractivity contribution in [1.82, 2.24) is 14.6 Å². The van der Waals surface area contributed by atoms with Crippen LogP contribution in [0.4, 0.5) is 0 Å². The number of rotatable bonds is 3. The minimum absolute atomic E-state index is 0.295. The Hall–Kier alpha value is -1.95. The zero-order chi connectivity index (χ0) is 11.7. The van der Waals surface area contributed by atoms with Crippen molar-refractivity contribution in [2.75, 3.05) is 0 Å². The van der Waals surface area contributed by atoms with Crippen molar-refractivity contribution in [3.05, 3.63) is 29.7 Å². The van der Waals surface area contributed by atoms with Gasteiger partial charge in [0.2, 0.25) is 0 Å². The summed E-state index contributed by atoms with van der Waals surface area (Å²) in [5.74, 6) is -0.235. The molecule has 0 amide bonds. The van der Waals surface area contributed by atoms with Gasteiger partial charge in [0, 0.05) is 6.20 Å². The molecule has 6 nitrogen and oxygen atoms in total. The minimum atomic E-state index is -0.999. The molecule has 1 unspecified atom stereocenters. The molecule has 0 aliphatic rings. The second kappa shape index (κ2) is 3.90. The van der Waals surface area contributed by atoms with Gasteiger partial charge in [0.05, 0.1) is 0 Å². The van der Waals surface area contributed by atoms with Gasteiger partial charge in [-0.2, -0.15) is 0 Å². The largest absolute Gasteiger partial charge is 0.480 e. The molecule has 0 aliphatic heterocycles. The Labute approximate surface area is 91.7 Å². The van der Waals surface area contributed by atoms with Crippen molar-refractivity contribution in [1.29, 1.82) is 0 Å². The third kappa shape index (κ3) is 1.87. The fourth-order valence-corrected chi connectivity index (χ4v) is 1.51. The van der Waals surface area contributed by atoms with Crippen molar-refractivity contribution in [2.45, 2.75) is 19.4 Å². The third-order valence-corrected chi connectivity index (χ3v) is 2.41. The number of pyridine rings is 1. The summed E-state index contributed by atoms with van der Waals surface area (Å²) in [5.41, 5.74) is 7.06. The van der Waals surface area contributed by atoms with Crippen LogP contribution in [0, 0.1) is 6.92 Å². The van der Waals surface area contributed by atoms with Crippen LogP contribution in [0.3, 0.4) is 0 Å². The van der Waals surface area contributed by atoms with E-state index in [2.05, 4.69) is 10.2 Å². The van der Waals surface area contributed by atoms with Gasteiger partial charge in [0.1, 0.15) is 11.9 Å². The Morgan fingerprint density at radius 3 is 3.00 bits per heavy atom. The van der Waals surface area contributed by atoms with Crippen molar-refractivity contribution in [2.24, 2.45) is 5.73 Å². The van der Waals surface area contributed by atoms with Crippen LogP contribution in [0.5, 0.6) is 0 Å². The van der Waals surface area contributed by atoms with Gasteiger partial charge in [0.15, 0.2) is 5.65 Å². The Morgan fingerprint density at radius 2 is 2.31 bits per heavy atom.